The van der Waals surface area contributed by atoms with Crippen LogP contribution in [-0.4, -0.2) is 77.6 Å². The Kier molecular flexibility index (Phi) is 9.30. The maximum Gasteiger partial charge on any atom is 0.251 e. The highest BCUT2D eigenvalue weighted by Crippen LogP contribution is 2.24. The molecule has 9 nitrogen and oxygen atoms in total. The number of aromatic hydroxyl groups is 1. The summed E-state index contributed by atoms with van der Waals surface area (Å²) in [5.74, 6) is 6.97. The normalized spacial score (nSPS) is 14.4. The number of phenols is 1. The Morgan fingerprint density at radius 3 is 2.67 bits per heavy atom. The number of rotatable bonds is 7. The van der Waals surface area contributed by atoms with E-state index in [2.05, 4.69) is 31.6 Å². The number of allylic oxidation sites excluding steroid dienone is 1. The SMILES string of the molecule is CN(CC#Cc1nccc(N2CCCN(C(/C=C(\N)c3ccccc3O)=C(N)N)CC2)n1)CC(F)F. The summed E-state index contributed by atoms with van der Waals surface area (Å²) in [5, 5.41) is 10.1. The second kappa shape index (κ2) is 12.6. The lowest BCUT2D eigenvalue weighted by Crippen LogP contribution is -2.33. The number of anilines is 1. The van der Waals surface area contributed by atoms with Crippen molar-refractivity contribution in [3.8, 4) is 17.6 Å². The van der Waals surface area contributed by atoms with Crippen LogP contribution in [0.3, 0.4) is 0 Å². The van der Waals surface area contributed by atoms with E-state index in [0.717, 1.165) is 18.8 Å². The van der Waals surface area contributed by atoms with Crippen molar-refractivity contribution in [3.05, 3.63) is 65.5 Å². The molecule has 1 aromatic heterocycles. The van der Waals surface area contributed by atoms with Crippen LogP contribution in [0.2, 0.25) is 0 Å². The van der Waals surface area contributed by atoms with Crippen molar-refractivity contribution >= 4 is 11.5 Å². The smallest absolute Gasteiger partial charge is 0.251 e. The Balaban J connectivity index is 1.69. The molecule has 192 valence electrons. The molecule has 0 spiro atoms. The molecule has 1 saturated heterocycles. The van der Waals surface area contributed by atoms with E-state index in [1.54, 1.807) is 43.6 Å². The molecule has 1 fully saturated rings. The zero-order chi connectivity index (χ0) is 26.1. The number of nitrogens with zero attached hydrogens (tertiary/aromatic N) is 5. The second-order valence-electron chi connectivity index (χ2n) is 8.41. The van der Waals surface area contributed by atoms with Crippen LogP contribution in [0, 0.1) is 11.8 Å². The third kappa shape index (κ3) is 7.48. The number of aromatic nitrogens is 2. The molecule has 2 heterocycles. The third-order valence-corrected chi connectivity index (χ3v) is 5.60. The lowest BCUT2D eigenvalue weighted by Gasteiger charge is -2.26. The van der Waals surface area contributed by atoms with Gasteiger partial charge in [-0.25, -0.2) is 18.7 Å². The molecular formula is C25H32F2N8O. The van der Waals surface area contributed by atoms with Crippen molar-refractivity contribution in [2.24, 2.45) is 17.2 Å². The van der Waals surface area contributed by atoms with E-state index in [1.807, 2.05) is 6.07 Å². The fourth-order valence-electron chi connectivity index (χ4n) is 3.83. The summed E-state index contributed by atoms with van der Waals surface area (Å²) < 4.78 is 24.9. The van der Waals surface area contributed by atoms with Crippen LogP contribution in [0.15, 0.2) is 54.1 Å². The fourth-order valence-corrected chi connectivity index (χ4v) is 3.83. The summed E-state index contributed by atoms with van der Waals surface area (Å²) in [7, 11) is 1.59. The van der Waals surface area contributed by atoms with Crippen LogP contribution in [0.4, 0.5) is 14.6 Å². The Hall–Kier alpha value is -4.04. The summed E-state index contributed by atoms with van der Waals surface area (Å²) in [6.07, 6.45) is 1.73. The molecule has 0 saturated carbocycles. The van der Waals surface area contributed by atoms with Gasteiger partial charge in [0.1, 0.15) is 17.4 Å². The number of hydrogen-bond donors (Lipinski definition) is 4. The van der Waals surface area contributed by atoms with Gasteiger partial charge in [0.25, 0.3) is 6.43 Å². The number of nitrogens with two attached hydrogens (primary N) is 3. The van der Waals surface area contributed by atoms with Crippen LogP contribution in [0.5, 0.6) is 5.75 Å². The maximum absolute atomic E-state index is 12.4. The van der Waals surface area contributed by atoms with Crippen LogP contribution in [0.1, 0.15) is 17.8 Å². The average molecular weight is 499 g/mol. The number of para-hydroxylation sites is 1. The lowest BCUT2D eigenvalue weighted by molar-refractivity contribution is 0.106. The largest absolute Gasteiger partial charge is 0.507 e. The Bertz CT molecular complexity index is 1150. The third-order valence-electron chi connectivity index (χ3n) is 5.60. The van der Waals surface area contributed by atoms with Gasteiger partial charge in [-0.15, -0.1) is 0 Å². The molecule has 1 aromatic carbocycles. The predicted octanol–water partition coefficient (Wildman–Crippen LogP) is 1.33. The van der Waals surface area contributed by atoms with E-state index in [4.69, 9.17) is 17.2 Å². The number of hydrogen-bond acceptors (Lipinski definition) is 9. The first-order chi connectivity index (χ1) is 17.2. The van der Waals surface area contributed by atoms with E-state index in [-0.39, 0.29) is 24.7 Å². The summed E-state index contributed by atoms with van der Waals surface area (Å²) in [6.45, 7) is 2.56. The van der Waals surface area contributed by atoms with Crippen molar-refractivity contribution in [2.45, 2.75) is 12.8 Å². The topological polar surface area (TPSA) is 134 Å². The molecule has 1 aliphatic rings. The standard InChI is InChI=1S/C25H32F2N8O/c1-33(17-22(26)27)11-4-8-23-31-10-9-24(32-23)35-13-5-12-34(14-15-35)20(25(29)30)16-19(28)18-6-2-3-7-21(18)36/h2-3,6-7,9-10,16,22,36H,5,11-15,17,28-30H2,1H3/b19-16-. The minimum Gasteiger partial charge on any atom is -0.507 e. The zero-order valence-corrected chi connectivity index (χ0v) is 20.2. The highest BCUT2D eigenvalue weighted by molar-refractivity contribution is 5.69. The van der Waals surface area contributed by atoms with Gasteiger partial charge in [0, 0.05) is 43.6 Å². The van der Waals surface area contributed by atoms with Crippen LogP contribution in [-0.2, 0) is 0 Å². The van der Waals surface area contributed by atoms with Crippen molar-refractivity contribution < 1.29 is 13.9 Å². The molecule has 0 radical (unpaired) electrons. The van der Waals surface area contributed by atoms with E-state index in [1.165, 1.54) is 4.90 Å². The van der Waals surface area contributed by atoms with Crippen molar-refractivity contribution in [1.82, 2.24) is 19.8 Å². The maximum atomic E-state index is 12.4. The van der Waals surface area contributed by atoms with Gasteiger partial charge < -0.3 is 32.1 Å². The minimum atomic E-state index is -2.40. The summed E-state index contributed by atoms with van der Waals surface area (Å²) in [5.41, 5.74) is 19.7. The van der Waals surface area contributed by atoms with Crippen LogP contribution >= 0.6 is 0 Å². The van der Waals surface area contributed by atoms with Gasteiger partial charge >= 0.3 is 0 Å². The van der Waals surface area contributed by atoms with Crippen LogP contribution in [0.25, 0.3) is 5.70 Å². The zero-order valence-electron chi connectivity index (χ0n) is 20.2. The molecule has 36 heavy (non-hydrogen) atoms. The first-order valence-electron chi connectivity index (χ1n) is 11.5. The number of halogens is 2. The number of phenolic OH excluding ortho intramolecular Hbond substituents is 1. The summed E-state index contributed by atoms with van der Waals surface area (Å²) in [6, 6.07) is 8.61. The van der Waals surface area contributed by atoms with Crippen LogP contribution < -0.4 is 22.1 Å². The minimum absolute atomic E-state index is 0.0755. The quantitative estimate of drug-likeness (QED) is 0.329. The first kappa shape index (κ1) is 26.6. The molecule has 0 bridgehead atoms. The highest BCUT2D eigenvalue weighted by atomic mass is 19.3. The van der Waals surface area contributed by atoms with Gasteiger partial charge in [-0.2, -0.15) is 0 Å². The van der Waals surface area contributed by atoms with Crippen molar-refractivity contribution in [2.75, 3.05) is 51.2 Å². The fraction of sp³-hybridized carbons (Fsp3) is 0.360. The second-order valence-corrected chi connectivity index (χ2v) is 8.41. The van der Waals surface area contributed by atoms with Crippen molar-refractivity contribution in [3.63, 3.8) is 0 Å². The molecule has 1 aliphatic heterocycles. The molecular weight excluding hydrogens is 466 g/mol. The van der Waals surface area contributed by atoms with Gasteiger partial charge in [-0.05, 0) is 43.7 Å². The van der Waals surface area contributed by atoms with Crippen molar-refractivity contribution in [1.29, 1.82) is 0 Å². The van der Waals surface area contributed by atoms with Gasteiger partial charge in [-0.1, -0.05) is 18.1 Å². The molecule has 0 aliphatic carbocycles. The lowest BCUT2D eigenvalue weighted by atomic mass is 10.1. The monoisotopic (exact) mass is 498 g/mol. The number of alkyl halides is 2. The summed E-state index contributed by atoms with van der Waals surface area (Å²) in [4.78, 5) is 14.3. The molecule has 0 amide bonds. The first-order valence-corrected chi connectivity index (χ1v) is 11.5. The van der Waals surface area contributed by atoms with Gasteiger partial charge in [-0.3, -0.25) is 4.90 Å². The Morgan fingerprint density at radius 2 is 1.94 bits per heavy atom. The molecule has 0 unspecified atom stereocenters. The van der Waals surface area contributed by atoms with E-state index in [9.17, 15) is 13.9 Å². The van der Waals surface area contributed by atoms with Gasteiger partial charge in [0.2, 0.25) is 5.82 Å². The van der Waals surface area contributed by atoms with E-state index >= 15 is 0 Å². The Labute approximate surface area is 209 Å². The highest BCUT2D eigenvalue weighted by Gasteiger charge is 2.19. The van der Waals surface area contributed by atoms with Gasteiger partial charge in [0.05, 0.1) is 18.8 Å². The predicted molar refractivity (Wildman–Crippen MR) is 136 cm³/mol. The summed E-state index contributed by atoms with van der Waals surface area (Å²) >= 11 is 0. The molecule has 3 rings (SSSR count). The Morgan fingerprint density at radius 1 is 1.17 bits per heavy atom. The number of benzene rings is 1. The van der Waals surface area contributed by atoms with E-state index < -0.39 is 6.43 Å². The molecule has 7 N–H and O–H groups in total. The average Bonchev–Trinajstić information content (AvgIpc) is 3.08. The van der Waals surface area contributed by atoms with E-state index in [0.29, 0.717) is 42.4 Å². The molecule has 2 aromatic rings. The molecule has 0 atom stereocenters. The van der Waals surface area contributed by atoms with Gasteiger partial charge in [0.15, 0.2) is 0 Å². The molecule has 11 heteroatoms.